The minimum Gasteiger partial charge on any atom is -0.376 e. The van der Waals surface area contributed by atoms with Crippen molar-refractivity contribution in [2.75, 3.05) is 6.54 Å². The topological polar surface area (TPSA) is 69.2 Å². The molecule has 1 aromatic heterocycles. The molecular weight excluding hydrogens is 251 g/mol. The maximum absolute atomic E-state index is 12.3. The van der Waals surface area contributed by atoms with E-state index in [4.69, 9.17) is 5.11 Å². The number of alkyl halides is 3. The van der Waals surface area contributed by atoms with Gasteiger partial charge in [-0.15, -0.1) is 0 Å². The summed E-state index contributed by atoms with van der Waals surface area (Å²) in [6.45, 7) is 1.93. The molecule has 0 saturated heterocycles. The number of amides is 1. The summed E-state index contributed by atoms with van der Waals surface area (Å²) in [7, 11) is 0. The van der Waals surface area contributed by atoms with Gasteiger partial charge in [0.25, 0.3) is 5.91 Å². The predicted octanol–water partition coefficient (Wildman–Crippen LogP) is 0.779. The van der Waals surface area contributed by atoms with Gasteiger partial charge in [-0.1, -0.05) is 6.92 Å². The van der Waals surface area contributed by atoms with Crippen LogP contribution in [0.5, 0.6) is 0 Å². The Labute approximate surface area is 101 Å². The van der Waals surface area contributed by atoms with Gasteiger partial charge in [0.15, 0.2) is 0 Å². The number of halogens is 3. The molecule has 0 radical (unpaired) electrons. The number of nitrogens with zero attached hydrogens (tertiary/aromatic N) is 2. The number of aliphatic hydroxyl groups excluding tert-OH is 1. The van der Waals surface area contributed by atoms with Crippen LogP contribution in [-0.4, -0.2) is 44.9 Å². The molecule has 0 aromatic carbocycles. The number of aliphatic hydroxyl groups is 1. The molecule has 1 aliphatic rings. The molecule has 18 heavy (non-hydrogen) atoms. The van der Waals surface area contributed by atoms with Crippen molar-refractivity contribution in [2.24, 2.45) is 0 Å². The molecule has 100 valence electrons. The lowest BCUT2D eigenvalue weighted by Gasteiger charge is -2.32. The lowest BCUT2D eigenvalue weighted by Crippen LogP contribution is -2.48. The lowest BCUT2D eigenvalue weighted by molar-refractivity contribution is -0.211. The fourth-order valence-electron chi connectivity index (χ4n) is 2.05. The molecule has 1 amide bonds. The maximum atomic E-state index is 12.3. The van der Waals surface area contributed by atoms with Gasteiger partial charge >= 0.3 is 6.18 Å². The number of rotatable bonds is 1. The molecule has 0 spiro atoms. The number of hydrogen-bond donors (Lipinski definition) is 2. The number of carbonyl (C=O) groups is 1. The molecule has 2 heterocycles. The Kier molecular flexibility index (Phi) is 3.05. The molecule has 2 N–H and O–H groups in total. The van der Waals surface area contributed by atoms with Gasteiger partial charge in [-0.2, -0.15) is 18.3 Å². The second kappa shape index (κ2) is 4.27. The summed E-state index contributed by atoms with van der Waals surface area (Å²) in [5.41, 5.74) is 1.50. The number of nitrogens with one attached hydrogen (secondary N) is 1. The Balaban J connectivity index is 2.16. The fraction of sp³-hybridized carbons (Fsp3) is 0.600. The molecule has 2 unspecified atom stereocenters. The largest absolute Gasteiger partial charge is 0.423 e. The van der Waals surface area contributed by atoms with Crippen LogP contribution in [0.15, 0.2) is 6.20 Å². The van der Waals surface area contributed by atoms with E-state index < -0.39 is 18.2 Å². The first kappa shape index (κ1) is 12.9. The van der Waals surface area contributed by atoms with Crippen LogP contribution >= 0.6 is 0 Å². The highest BCUT2D eigenvalue weighted by Crippen LogP contribution is 2.28. The molecule has 0 aliphatic carbocycles. The third-order valence-electron chi connectivity index (χ3n) is 2.96. The van der Waals surface area contributed by atoms with Crippen LogP contribution in [-0.2, 0) is 11.3 Å². The normalized spacial score (nSPS) is 21.6. The quantitative estimate of drug-likeness (QED) is 0.786. The van der Waals surface area contributed by atoms with Crippen LogP contribution in [0, 0.1) is 0 Å². The van der Waals surface area contributed by atoms with Crippen molar-refractivity contribution in [3.05, 3.63) is 17.5 Å². The average Bonchev–Trinajstić information content (AvgIpc) is 2.74. The van der Waals surface area contributed by atoms with E-state index in [1.807, 2.05) is 0 Å². The van der Waals surface area contributed by atoms with Crippen molar-refractivity contribution < 1.29 is 23.1 Å². The van der Waals surface area contributed by atoms with Crippen molar-refractivity contribution >= 4 is 5.91 Å². The van der Waals surface area contributed by atoms with Gasteiger partial charge in [-0.25, -0.2) is 0 Å². The Bertz CT molecular complexity index is 457. The van der Waals surface area contributed by atoms with Crippen molar-refractivity contribution in [2.45, 2.75) is 31.7 Å². The summed E-state index contributed by atoms with van der Waals surface area (Å²) in [6.07, 6.45) is -6.42. The minimum absolute atomic E-state index is 0.0299. The molecule has 5 nitrogen and oxygen atoms in total. The second-order valence-electron chi connectivity index (χ2n) is 4.37. The van der Waals surface area contributed by atoms with E-state index in [2.05, 4.69) is 10.2 Å². The number of H-pyrrole nitrogens is 1. The molecule has 0 fully saturated rings. The smallest absolute Gasteiger partial charge is 0.376 e. The Hall–Kier alpha value is -1.57. The zero-order valence-corrected chi connectivity index (χ0v) is 9.53. The highest BCUT2D eigenvalue weighted by Gasteiger charge is 2.46. The van der Waals surface area contributed by atoms with Crippen molar-refractivity contribution in [3.63, 3.8) is 0 Å². The van der Waals surface area contributed by atoms with Crippen LogP contribution in [0.3, 0.4) is 0 Å². The zero-order valence-electron chi connectivity index (χ0n) is 9.53. The highest BCUT2D eigenvalue weighted by atomic mass is 19.4. The summed E-state index contributed by atoms with van der Waals surface area (Å²) < 4.78 is 36.8. The molecule has 0 bridgehead atoms. The maximum Gasteiger partial charge on any atom is 0.423 e. The number of carbonyl (C=O) groups excluding carboxylic acids is 1. The molecule has 1 aromatic rings. The van der Waals surface area contributed by atoms with Crippen molar-refractivity contribution in [1.82, 2.24) is 15.1 Å². The van der Waals surface area contributed by atoms with Gasteiger partial charge in [0.1, 0.15) is 0 Å². The Morgan fingerprint density at radius 2 is 2.33 bits per heavy atom. The third kappa shape index (κ3) is 2.20. The predicted molar refractivity (Wildman–Crippen MR) is 54.5 cm³/mol. The number of aromatic nitrogens is 2. The van der Waals surface area contributed by atoms with E-state index >= 15 is 0 Å². The van der Waals surface area contributed by atoms with E-state index in [-0.39, 0.29) is 19.0 Å². The monoisotopic (exact) mass is 263 g/mol. The molecule has 8 heteroatoms. The molecule has 2 rings (SSSR count). The van der Waals surface area contributed by atoms with Crippen molar-refractivity contribution in [1.29, 1.82) is 0 Å². The van der Waals surface area contributed by atoms with E-state index in [1.54, 1.807) is 6.92 Å². The van der Waals surface area contributed by atoms with Gasteiger partial charge in [-0.3, -0.25) is 9.89 Å². The fourth-order valence-corrected chi connectivity index (χ4v) is 2.05. The van der Waals surface area contributed by atoms with Gasteiger partial charge in [0.05, 0.1) is 6.20 Å². The Morgan fingerprint density at radius 1 is 1.67 bits per heavy atom. The molecular formula is C10H12F3N3O2. The molecule has 0 saturated carbocycles. The summed E-state index contributed by atoms with van der Waals surface area (Å²) in [5.74, 6) is -1.46. The Morgan fingerprint density at radius 3 is 2.94 bits per heavy atom. The van der Waals surface area contributed by atoms with Crippen LogP contribution in [0.25, 0.3) is 0 Å². The second-order valence-corrected chi connectivity index (χ2v) is 4.37. The summed E-state index contributed by atoms with van der Waals surface area (Å²) in [6, 6.07) is 0. The highest BCUT2D eigenvalue weighted by molar-refractivity contribution is 5.81. The zero-order chi connectivity index (χ0) is 13.5. The SMILES string of the molecule is CC1CN(C(=O)C(O)C(F)(F)F)Cc2cn[nH]c21. The van der Waals surface area contributed by atoms with Crippen LogP contribution in [0.4, 0.5) is 13.2 Å². The number of hydrogen-bond acceptors (Lipinski definition) is 3. The number of fused-ring (bicyclic) bond motifs is 1. The molecule has 1 aliphatic heterocycles. The van der Waals surface area contributed by atoms with Gasteiger partial charge in [-0.05, 0) is 0 Å². The first-order valence-electron chi connectivity index (χ1n) is 5.36. The lowest BCUT2D eigenvalue weighted by atomic mass is 9.98. The average molecular weight is 263 g/mol. The van der Waals surface area contributed by atoms with Gasteiger partial charge in [0.2, 0.25) is 6.10 Å². The molecule has 2 atom stereocenters. The number of aromatic amines is 1. The van der Waals surface area contributed by atoms with E-state index in [1.165, 1.54) is 6.20 Å². The summed E-state index contributed by atoms with van der Waals surface area (Å²) in [5, 5.41) is 15.5. The van der Waals surface area contributed by atoms with E-state index in [0.717, 1.165) is 10.6 Å². The van der Waals surface area contributed by atoms with Gasteiger partial charge < -0.3 is 10.0 Å². The van der Waals surface area contributed by atoms with Crippen LogP contribution in [0.2, 0.25) is 0 Å². The van der Waals surface area contributed by atoms with Crippen LogP contribution in [0.1, 0.15) is 24.1 Å². The first-order valence-corrected chi connectivity index (χ1v) is 5.36. The van der Waals surface area contributed by atoms with Crippen molar-refractivity contribution in [3.8, 4) is 0 Å². The van der Waals surface area contributed by atoms with E-state index in [0.29, 0.717) is 5.56 Å². The van der Waals surface area contributed by atoms with Gasteiger partial charge in [0, 0.05) is 30.3 Å². The summed E-state index contributed by atoms with van der Waals surface area (Å²) >= 11 is 0. The third-order valence-corrected chi connectivity index (χ3v) is 2.96. The summed E-state index contributed by atoms with van der Waals surface area (Å²) in [4.78, 5) is 12.5. The minimum atomic E-state index is -4.93. The standard InChI is InChI=1S/C10H12F3N3O2/c1-5-3-16(4-6-2-14-15-7(5)6)9(18)8(17)10(11,12)13/h2,5,8,17H,3-4H2,1H3,(H,14,15). The van der Waals surface area contributed by atoms with Crippen LogP contribution < -0.4 is 0 Å². The first-order chi connectivity index (χ1) is 8.30. The van der Waals surface area contributed by atoms with E-state index in [9.17, 15) is 18.0 Å².